The second-order valence-electron chi connectivity index (χ2n) is 8.05. The van der Waals surface area contributed by atoms with E-state index in [0.717, 1.165) is 35.2 Å². The standard InChI is InChI=1S/C19H25ClN4O2/c1-12-5-6-14-15(9-12)22-17(20)23-16(14)24-8-7-13(10-24)21-18(25)26-11-19(2,3)4/h5-6,9,13H,7-8,10-11H2,1-4H3,(H,21,25). The fourth-order valence-corrected chi connectivity index (χ4v) is 3.17. The number of nitrogens with zero attached hydrogens (tertiary/aromatic N) is 3. The molecular weight excluding hydrogens is 352 g/mol. The van der Waals surface area contributed by atoms with Crippen LogP contribution in [0.2, 0.25) is 5.28 Å². The van der Waals surface area contributed by atoms with Crippen molar-refractivity contribution < 1.29 is 9.53 Å². The molecule has 1 N–H and O–H groups in total. The van der Waals surface area contributed by atoms with E-state index in [0.29, 0.717) is 13.2 Å². The van der Waals surface area contributed by atoms with Crippen molar-refractivity contribution in [3.63, 3.8) is 0 Å². The molecule has 1 aliphatic rings. The Kier molecular flexibility index (Phi) is 5.23. The molecule has 2 aromatic rings. The van der Waals surface area contributed by atoms with E-state index in [-0.39, 0.29) is 22.8 Å². The van der Waals surface area contributed by atoms with Crippen LogP contribution in [0, 0.1) is 12.3 Å². The molecule has 0 radical (unpaired) electrons. The minimum atomic E-state index is -0.368. The molecular formula is C19H25ClN4O2. The molecule has 2 heterocycles. The minimum Gasteiger partial charge on any atom is -0.449 e. The lowest BCUT2D eigenvalue weighted by Crippen LogP contribution is -2.38. The van der Waals surface area contributed by atoms with Gasteiger partial charge in [-0.3, -0.25) is 0 Å². The molecule has 0 spiro atoms. The van der Waals surface area contributed by atoms with Gasteiger partial charge in [-0.2, -0.15) is 4.98 Å². The first-order valence-electron chi connectivity index (χ1n) is 8.83. The maximum Gasteiger partial charge on any atom is 0.407 e. The molecule has 1 aliphatic heterocycles. The molecule has 0 aliphatic carbocycles. The lowest BCUT2D eigenvalue weighted by Gasteiger charge is -2.21. The number of rotatable bonds is 3. The highest BCUT2D eigenvalue weighted by molar-refractivity contribution is 6.28. The largest absolute Gasteiger partial charge is 0.449 e. The predicted octanol–water partition coefficient (Wildman–Crippen LogP) is 3.94. The quantitative estimate of drug-likeness (QED) is 0.821. The topological polar surface area (TPSA) is 67.4 Å². The van der Waals surface area contributed by atoms with Gasteiger partial charge < -0.3 is 15.0 Å². The number of hydrogen-bond donors (Lipinski definition) is 1. The molecule has 1 amide bonds. The van der Waals surface area contributed by atoms with E-state index in [1.807, 2.05) is 45.9 Å². The molecule has 1 saturated heterocycles. The van der Waals surface area contributed by atoms with Gasteiger partial charge in [-0.05, 0) is 48.1 Å². The zero-order chi connectivity index (χ0) is 18.9. The number of alkyl carbamates (subject to hydrolysis) is 1. The van der Waals surface area contributed by atoms with Gasteiger partial charge in [-0.15, -0.1) is 0 Å². The summed E-state index contributed by atoms with van der Waals surface area (Å²) < 4.78 is 5.30. The maximum absolute atomic E-state index is 12.0. The average molecular weight is 377 g/mol. The zero-order valence-electron chi connectivity index (χ0n) is 15.7. The van der Waals surface area contributed by atoms with Crippen molar-refractivity contribution in [2.45, 2.75) is 40.2 Å². The third kappa shape index (κ3) is 4.55. The first kappa shape index (κ1) is 18.7. The number of carbonyl (C=O) groups excluding carboxylic acids is 1. The van der Waals surface area contributed by atoms with E-state index in [1.165, 1.54) is 0 Å². The number of amides is 1. The third-order valence-corrected chi connectivity index (χ3v) is 4.42. The van der Waals surface area contributed by atoms with Crippen LogP contribution in [0.1, 0.15) is 32.8 Å². The Bertz CT molecular complexity index is 814. The number of aromatic nitrogens is 2. The number of benzene rings is 1. The highest BCUT2D eigenvalue weighted by atomic mass is 35.5. The Morgan fingerprint density at radius 2 is 2.15 bits per heavy atom. The van der Waals surface area contributed by atoms with Crippen LogP contribution < -0.4 is 10.2 Å². The number of anilines is 1. The normalized spacial score (nSPS) is 17.6. The van der Waals surface area contributed by atoms with E-state index in [1.54, 1.807) is 0 Å². The van der Waals surface area contributed by atoms with Crippen molar-refractivity contribution in [1.82, 2.24) is 15.3 Å². The van der Waals surface area contributed by atoms with E-state index < -0.39 is 0 Å². The molecule has 1 aromatic heterocycles. The van der Waals surface area contributed by atoms with Crippen LogP contribution in [-0.4, -0.2) is 41.8 Å². The van der Waals surface area contributed by atoms with Gasteiger partial charge in [-0.25, -0.2) is 9.78 Å². The smallest absolute Gasteiger partial charge is 0.407 e. The highest BCUT2D eigenvalue weighted by Gasteiger charge is 2.27. The van der Waals surface area contributed by atoms with Crippen LogP contribution in [0.25, 0.3) is 10.9 Å². The molecule has 1 atom stereocenters. The lowest BCUT2D eigenvalue weighted by molar-refractivity contribution is 0.104. The Labute approximate surface area is 158 Å². The minimum absolute atomic E-state index is 0.0247. The van der Waals surface area contributed by atoms with Crippen LogP contribution >= 0.6 is 11.6 Å². The summed E-state index contributed by atoms with van der Waals surface area (Å²) in [6, 6.07) is 6.09. The van der Waals surface area contributed by atoms with Crippen LogP contribution in [-0.2, 0) is 4.74 Å². The van der Waals surface area contributed by atoms with Gasteiger partial charge >= 0.3 is 6.09 Å². The summed E-state index contributed by atoms with van der Waals surface area (Å²) in [6.07, 6.45) is 0.465. The van der Waals surface area contributed by atoms with Crippen molar-refractivity contribution >= 4 is 34.4 Å². The summed E-state index contributed by atoms with van der Waals surface area (Å²) >= 11 is 6.12. The summed E-state index contributed by atoms with van der Waals surface area (Å²) in [7, 11) is 0. The molecule has 1 aromatic carbocycles. The summed E-state index contributed by atoms with van der Waals surface area (Å²) in [4.78, 5) is 22.9. The van der Waals surface area contributed by atoms with Crippen LogP contribution in [0.5, 0.6) is 0 Å². The van der Waals surface area contributed by atoms with Crippen molar-refractivity contribution in [3.05, 3.63) is 29.0 Å². The van der Waals surface area contributed by atoms with Gasteiger partial charge in [0.2, 0.25) is 5.28 Å². The van der Waals surface area contributed by atoms with Crippen LogP contribution in [0.4, 0.5) is 10.6 Å². The number of fused-ring (bicyclic) bond motifs is 1. The molecule has 0 bridgehead atoms. The first-order chi connectivity index (χ1) is 12.2. The molecule has 7 heteroatoms. The number of carbonyl (C=O) groups is 1. The Balaban J connectivity index is 1.69. The van der Waals surface area contributed by atoms with E-state index in [2.05, 4.69) is 20.2 Å². The van der Waals surface area contributed by atoms with Gasteiger partial charge in [-0.1, -0.05) is 26.8 Å². The molecule has 1 unspecified atom stereocenters. The SMILES string of the molecule is Cc1ccc2c(N3CCC(NC(=O)OCC(C)(C)C)C3)nc(Cl)nc2c1. The van der Waals surface area contributed by atoms with Gasteiger partial charge in [0.1, 0.15) is 5.82 Å². The van der Waals surface area contributed by atoms with Crippen molar-refractivity contribution in [1.29, 1.82) is 0 Å². The maximum atomic E-state index is 12.0. The number of nitrogens with one attached hydrogen (secondary N) is 1. The second kappa shape index (κ2) is 7.27. The molecule has 140 valence electrons. The van der Waals surface area contributed by atoms with Gasteiger partial charge in [0.25, 0.3) is 0 Å². The fourth-order valence-electron chi connectivity index (χ4n) is 3.00. The number of halogens is 1. The fraction of sp³-hybridized carbons (Fsp3) is 0.526. The number of hydrogen-bond acceptors (Lipinski definition) is 5. The average Bonchev–Trinajstić information content (AvgIpc) is 2.99. The van der Waals surface area contributed by atoms with Gasteiger partial charge in [0, 0.05) is 18.5 Å². The molecule has 26 heavy (non-hydrogen) atoms. The number of aryl methyl sites for hydroxylation is 1. The predicted molar refractivity (Wildman–Crippen MR) is 104 cm³/mol. The third-order valence-electron chi connectivity index (χ3n) is 4.25. The Hall–Kier alpha value is -2.08. The summed E-state index contributed by atoms with van der Waals surface area (Å²) in [6.45, 7) is 9.96. The first-order valence-corrected chi connectivity index (χ1v) is 9.21. The van der Waals surface area contributed by atoms with Crippen molar-refractivity contribution in [2.24, 2.45) is 5.41 Å². The molecule has 3 rings (SSSR count). The summed E-state index contributed by atoms with van der Waals surface area (Å²) in [5.74, 6) is 0.812. The van der Waals surface area contributed by atoms with E-state index in [9.17, 15) is 4.79 Å². The highest BCUT2D eigenvalue weighted by Crippen LogP contribution is 2.28. The van der Waals surface area contributed by atoms with E-state index in [4.69, 9.17) is 16.3 Å². The molecule has 6 nitrogen and oxygen atoms in total. The van der Waals surface area contributed by atoms with Crippen LogP contribution in [0.3, 0.4) is 0 Å². The zero-order valence-corrected chi connectivity index (χ0v) is 16.4. The van der Waals surface area contributed by atoms with Gasteiger partial charge in [0.15, 0.2) is 0 Å². The summed E-state index contributed by atoms with van der Waals surface area (Å²) in [5.41, 5.74) is 1.91. The monoisotopic (exact) mass is 376 g/mol. The molecule has 1 fully saturated rings. The molecule has 0 saturated carbocycles. The van der Waals surface area contributed by atoms with Crippen LogP contribution in [0.15, 0.2) is 18.2 Å². The second-order valence-corrected chi connectivity index (χ2v) is 8.39. The van der Waals surface area contributed by atoms with Crippen molar-refractivity contribution in [3.8, 4) is 0 Å². The summed E-state index contributed by atoms with van der Waals surface area (Å²) in [5, 5.41) is 4.15. The number of ether oxygens (including phenoxy) is 1. The van der Waals surface area contributed by atoms with Gasteiger partial charge in [0.05, 0.1) is 18.2 Å². The lowest BCUT2D eigenvalue weighted by atomic mass is 9.99. The Morgan fingerprint density at radius 3 is 2.88 bits per heavy atom. The van der Waals surface area contributed by atoms with Crippen molar-refractivity contribution in [2.75, 3.05) is 24.6 Å². The Morgan fingerprint density at radius 1 is 1.38 bits per heavy atom. The van der Waals surface area contributed by atoms with E-state index >= 15 is 0 Å².